The third-order valence-electron chi connectivity index (χ3n) is 4.48. The Kier molecular flexibility index (Phi) is 5.42. The first-order valence-corrected chi connectivity index (χ1v) is 10.5. The summed E-state index contributed by atoms with van der Waals surface area (Å²) in [6, 6.07) is 31.4. The molecule has 0 aliphatic heterocycles. The maximum atomic E-state index is 11.0. The Morgan fingerprint density at radius 2 is 1.08 bits per heavy atom. The molecule has 0 aliphatic rings. The maximum absolute atomic E-state index is 11.0. The van der Waals surface area contributed by atoms with Crippen LogP contribution in [0.25, 0.3) is 0 Å². The van der Waals surface area contributed by atoms with E-state index in [1.807, 2.05) is 24.3 Å². The molecule has 0 amide bonds. The molecule has 0 radical (unpaired) electrons. The Labute approximate surface area is 148 Å². The summed E-state index contributed by atoms with van der Waals surface area (Å²) in [5, 5.41) is 12.9. The molecule has 0 bridgehead atoms. The predicted octanol–water partition coefficient (Wildman–Crippen LogP) is 3.35. The van der Waals surface area contributed by atoms with E-state index in [2.05, 4.69) is 72.8 Å². The minimum absolute atomic E-state index is 0.706. The molecule has 126 valence electrons. The topological polar surface area (TPSA) is 37.3 Å². The van der Waals surface area contributed by atoms with Gasteiger partial charge in [-0.2, -0.15) is 0 Å². The fraction of sp³-hybridized carbons (Fsp3) is 0.0455. The Morgan fingerprint density at radius 3 is 1.40 bits per heavy atom. The van der Waals surface area contributed by atoms with E-state index < -0.39 is 13.2 Å². The van der Waals surface area contributed by atoms with Crippen LogP contribution in [0.3, 0.4) is 0 Å². The van der Waals surface area contributed by atoms with Crippen LogP contribution in [0.2, 0.25) is 0 Å². The number of hydrogen-bond acceptors (Lipinski definition) is 1. The zero-order valence-electron chi connectivity index (χ0n) is 13.9. The second kappa shape index (κ2) is 7.92. The normalized spacial score (nSPS) is 12.2. The number of carboxylic acid groups (broad SMARTS) is 1. The van der Waals surface area contributed by atoms with E-state index in [9.17, 15) is 4.79 Å². The van der Waals surface area contributed by atoms with Crippen molar-refractivity contribution in [1.82, 2.24) is 0 Å². The third-order valence-corrected chi connectivity index (χ3v) is 9.29. The Balaban J connectivity index is 2.25. The molecule has 0 atom stereocenters. The predicted molar refractivity (Wildman–Crippen MR) is 108 cm³/mol. The van der Waals surface area contributed by atoms with E-state index in [4.69, 9.17) is 5.11 Å². The van der Waals surface area contributed by atoms with E-state index >= 15 is 0 Å². The van der Waals surface area contributed by atoms with Crippen LogP contribution in [-0.2, 0) is 4.79 Å². The van der Waals surface area contributed by atoms with E-state index in [1.165, 1.54) is 22.0 Å². The van der Waals surface area contributed by atoms with Gasteiger partial charge in [0.2, 0.25) is 0 Å². The van der Waals surface area contributed by atoms with Crippen molar-refractivity contribution >= 4 is 29.1 Å². The van der Waals surface area contributed by atoms with E-state index in [0.717, 1.165) is 0 Å². The first kappa shape index (κ1) is 17.1. The van der Waals surface area contributed by atoms with Crippen molar-refractivity contribution in [2.45, 2.75) is 0 Å². The Hall–Kier alpha value is -2.70. The van der Waals surface area contributed by atoms with Gasteiger partial charge in [0.15, 0.2) is 0 Å². The van der Waals surface area contributed by atoms with Crippen molar-refractivity contribution in [1.29, 1.82) is 0 Å². The molecule has 3 aromatic carbocycles. The van der Waals surface area contributed by atoms with E-state index in [-0.39, 0.29) is 0 Å². The monoisotopic (exact) mass is 348 g/mol. The summed E-state index contributed by atoms with van der Waals surface area (Å²) < 4.78 is 0. The molecule has 0 saturated carbocycles. The van der Waals surface area contributed by atoms with Gasteiger partial charge in [0, 0.05) is 0 Å². The number of carboxylic acids is 1. The zero-order chi connectivity index (χ0) is 17.5. The molecule has 3 heteroatoms. The molecule has 3 rings (SSSR count). The first-order valence-electron chi connectivity index (χ1n) is 8.29. The molecule has 25 heavy (non-hydrogen) atoms. The van der Waals surface area contributed by atoms with Crippen molar-refractivity contribution in [3.05, 3.63) is 103 Å². The number of hydrogen-bond donors (Lipinski definition) is 1. The molecule has 0 heterocycles. The average Bonchev–Trinajstić information content (AvgIpc) is 2.67. The van der Waals surface area contributed by atoms with Crippen LogP contribution in [0.1, 0.15) is 0 Å². The summed E-state index contributed by atoms with van der Waals surface area (Å²) in [5.74, 6) is -0.905. The molecular weight excluding hydrogens is 327 g/mol. The molecule has 1 N–H and O–H groups in total. The molecule has 2 nitrogen and oxygen atoms in total. The van der Waals surface area contributed by atoms with E-state index in [0.29, 0.717) is 6.16 Å². The summed E-state index contributed by atoms with van der Waals surface area (Å²) in [6.07, 6.45) is 3.77. The van der Waals surface area contributed by atoms with Gasteiger partial charge in [0.1, 0.15) is 0 Å². The molecule has 0 aliphatic carbocycles. The number of benzene rings is 3. The van der Waals surface area contributed by atoms with Gasteiger partial charge < -0.3 is 0 Å². The molecule has 0 unspecified atom stereocenters. The molecular formula is C22H21O2P. The van der Waals surface area contributed by atoms with Crippen molar-refractivity contribution in [3.63, 3.8) is 0 Å². The molecule has 3 aromatic rings. The van der Waals surface area contributed by atoms with Gasteiger partial charge in [0.05, 0.1) is 0 Å². The third kappa shape index (κ3) is 3.70. The zero-order valence-corrected chi connectivity index (χ0v) is 14.9. The van der Waals surface area contributed by atoms with Crippen LogP contribution in [0.4, 0.5) is 0 Å². The van der Waals surface area contributed by atoms with Gasteiger partial charge in [-0.15, -0.1) is 0 Å². The Morgan fingerprint density at radius 1 is 0.720 bits per heavy atom. The van der Waals surface area contributed by atoms with Crippen LogP contribution in [-0.4, -0.2) is 17.2 Å². The van der Waals surface area contributed by atoms with Gasteiger partial charge in [0.25, 0.3) is 0 Å². The van der Waals surface area contributed by atoms with Gasteiger partial charge in [-0.05, 0) is 0 Å². The SMILES string of the molecule is O=C(O)C=CC[PH](c1ccccc1)(c1ccccc1)c1ccccc1. The van der Waals surface area contributed by atoms with Crippen LogP contribution in [0.5, 0.6) is 0 Å². The molecule has 0 fully saturated rings. The van der Waals surface area contributed by atoms with Crippen molar-refractivity contribution in [2.75, 3.05) is 6.16 Å². The summed E-state index contributed by atoms with van der Waals surface area (Å²) in [5.41, 5.74) is 0. The van der Waals surface area contributed by atoms with Gasteiger partial charge in [-0.25, -0.2) is 0 Å². The van der Waals surface area contributed by atoms with Gasteiger partial charge in [-0.1, -0.05) is 0 Å². The first-order chi connectivity index (χ1) is 12.2. The number of carbonyl (C=O) groups is 1. The molecule has 0 aromatic heterocycles. The second-order valence-corrected chi connectivity index (χ2v) is 9.90. The number of allylic oxidation sites excluding steroid dienone is 1. The van der Waals surface area contributed by atoms with Crippen LogP contribution < -0.4 is 15.9 Å². The van der Waals surface area contributed by atoms with E-state index in [1.54, 1.807) is 0 Å². The fourth-order valence-electron chi connectivity index (χ4n) is 3.36. The van der Waals surface area contributed by atoms with Gasteiger partial charge in [-0.3, -0.25) is 0 Å². The standard InChI is InChI=1S/C22H21O2P/c23-22(24)17-10-18-25(19-11-4-1-5-12-19,20-13-6-2-7-14-20)21-15-8-3-9-16-21/h1-17,25H,18H2,(H,23,24). The van der Waals surface area contributed by atoms with Gasteiger partial charge >= 0.3 is 148 Å². The van der Waals surface area contributed by atoms with Crippen molar-refractivity contribution in [3.8, 4) is 0 Å². The van der Waals surface area contributed by atoms with Crippen LogP contribution in [0.15, 0.2) is 103 Å². The minimum atomic E-state index is -2.34. The second-order valence-electron chi connectivity index (χ2n) is 5.95. The van der Waals surface area contributed by atoms with Crippen molar-refractivity contribution < 1.29 is 9.90 Å². The molecule has 0 spiro atoms. The number of rotatable bonds is 6. The summed E-state index contributed by atoms with van der Waals surface area (Å²) >= 11 is 0. The fourth-order valence-corrected chi connectivity index (χ4v) is 7.82. The molecule has 0 saturated heterocycles. The summed E-state index contributed by atoms with van der Waals surface area (Å²) in [6.45, 7) is 0. The average molecular weight is 348 g/mol. The van der Waals surface area contributed by atoms with Crippen LogP contribution >= 0.6 is 7.26 Å². The van der Waals surface area contributed by atoms with Crippen LogP contribution in [0, 0.1) is 0 Å². The quantitative estimate of drug-likeness (QED) is 0.548. The Bertz CT molecular complexity index is 746. The number of aliphatic carboxylic acids is 1. The van der Waals surface area contributed by atoms with Crippen molar-refractivity contribution in [2.24, 2.45) is 0 Å². The summed E-state index contributed by atoms with van der Waals surface area (Å²) in [4.78, 5) is 11.0. The summed E-state index contributed by atoms with van der Waals surface area (Å²) in [7, 11) is -2.34.